The van der Waals surface area contributed by atoms with E-state index < -0.39 is 10.0 Å². The Hall–Kier alpha value is -3.23. The molecule has 0 atom stereocenters. The number of benzene rings is 3. The molecular formula is C25H27ClN2O5S. The van der Waals surface area contributed by atoms with Crippen molar-refractivity contribution in [1.29, 1.82) is 0 Å². The van der Waals surface area contributed by atoms with Crippen molar-refractivity contribution >= 4 is 33.2 Å². The minimum atomic E-state index is -3.51. The number of methoxy groups -OCH3 is 1. The summed E-state index contributed by atoms with van der Waals surface area (Å²) in [6, 6.07) is 21.2. The fourth-order valence-electron chi connectivity index (χ4n) is 3.20. The summed E-state index contributed by atoms with van der Waals surface area (Å²) in [5, 5.41) is 3.40. The van der Waals surface area contributed by atoms with E-state index in [0.717, 1.165) is 23.1 Å². The van der Waals surface area contributed by atoms with Gasteiger partial charge >= 0.3 is 0 Å². The number of carbonyl (C=O) groups excluding carboxylic acids is 1. The monoisotopic (exact) mass is 502 g/mol. The van der Waals surface area contributed by atoms with Gasteiger partial charge in [0.1, 0.15) is 11.5 Å². The molecule has 0 heterocycles. The quantitative estimate of drug-likeness (QED) is 0.427. The van der Waals surface area contributed by atoms with Crippen LogP contribution in [-0.4, -0.2) is 40.8 Å². The molecule has 0 aromatic heterocycles. The summed E-state index contributed by atoms with van der Waals surface area (Å²) in [4.78, 5) is 12.1. The lowest BCUT2D eigenvalue weighted by Gasteiger charge is -2.23. The molecule has 1 N–H and O–H groups in total. The lowest BCUT2D eigenvalue weighted by Crippen LogP contribution is -2.30. The number of rotatable bonds is 11. The van der Waals surface area contributed by atoms with Crippen LogP contribution in [0, 0.1) is 0 Å². The molecule has 0 aliphatic carbocycles. The molecule has 0 saturated carbocycles. The summed E-state index contributed by atoms with van der Waals surface area (Å²) in [5.74, 6) is 1.02. The summed E-state index contributed by atoms with van der Waals surface area (Å²) in [7, 11) is -1.90. The Labute approximate surface area is 205 Å². The zero-order chi connectivity index (χ0) is 24.6. The number of anilines is 1. The molecule has 0 bridgehead atoms. The third-order valence-corrected chi connectivity index (χ3v) is 6.42. The van der Waals surface area contributed by atoms with Gasteiger partial charge in [-0.15, -0.1) is 0 Å². The lowest BCUT2D eigenvalue weighted by molar-refractivity contribution is -0.123. The molecular weight excluding hydrogens is 476 g/mol. The third kappa shape index (κ3) is 7.67. The molecule has 0 aliphatic rings. The van der Waals surface area contributed by atoms with Crippen LogP contribution in [0.15, 0.2) is 72.8 Å². The second-order valence-corrected chi connectivity index (χ2v) is 9.97. The van der Waals surface area contributed by atoms with Crippen LogP contribution < -0.4 is 19.1 Å². The van der Waals surface area contributed by atoms with Crippen molar-refractivity contribution in [3.63, 3.8) is 0 Å². The second kappa shape index (κ2) is 11.8. The van der Waals surface area contributed by atoms with Crippen LogP contribution in [0.4, 0.5) is 5.69 Å². The van der Waals surface area contributed by atoms with Crippen LogP contribution in [0.5, 0.6) is 11.5 Å². The van der Waals surface area contributed by atoms with Gasteiger partial charge in [0.05, 0.1) is 25.6 Å². The van der Waals surface area contributed by atoms with Crippen molar-refractivity contribution in [3.05, 3.63) is 88.9 Å². The van der Waals surface area contributed by atoms with Gasteiger partial charge in [-0.2, -0.15) is 0 Å². The van der Waals surface area contributed by atoms with Gasteiger partial charge in [0.15, 0.2) is 6.61 Å². The van der Waals surface area contributed by atoms with Crippen molar-refractivity contribution < 1.29 is 22.7 Å². The zero-order valence-electron chi connectivity index (χ0n) is 19.0. The second-order valence-electron chi connectivity index (χ2n) is 7.63. The predicted octanol–water partition coefficient (Wildman–Crippen LogP) is 4.05. The predicted molar refractivity (Wildman–Crippen MR) is 134 cm³/mol. The number of nitrogens with zero attached hydrogens (tertiary/aromatic N) is 1. The van der Waals surface area contributed by atoms with Crippen LogP contribution in [0.1, 0.15) is 11.1 Å². The summed E-state index contributed by atoms with van der Waals surface area (Å²) in [5.41, 5.74) is 2.39. The molecule has 34 heavy (non-hydrogen) atoms. The van der Waals surface area contributed by atoms with Crippen LogP contribution >= 0.6 is 11.6 Å². The number of sulfonamides is 1. The summed E-state index contributed by atoms with van der Waals surface area (Å²) >= 11 is 5.91. The molecule has 3 aromatic rings. The molecule has 0 fully saturated rings. The first-order valence-electron chi connectivity index (χ1n) is 10.6. The molecule has 180 valence electrons. The maximum atomic E-state index is 12.3. The van der Waals surface area contributed by atoms with Crippen molar-refractivity contribution in [3.8, 4) is 11.5 Å². The van der Waals surface area contributed by atoms with Gasteiger partial charge in [-0.1, -0.05) is 35.9 Å². The fraction of sp³-hybridized carbons (Fsp3) is 0.240. The topological polar surface area (TPSA) is 84.9 Å². The maximum Gasteiger partial charge on any atom is 0.257 e. The summed E-state index contributed by atoms with van der Waals surface area (Å²) in [6.07, 6.45) is 1.85. The molecule has 0 spiro atoms. The van der Waals surface area contributed by atoms with E-state index in [2.05, 4.69) is 5.32 Å². The van der Waals surface area contributed by atoms with Crippen LogP contribution in [0.2, 0.25) is 5.02 Å². The Morgan fingerprint density at radius 1 is 0.912 bits per heavy atom. The van der Waals surface area contributed by atoms with E-state index in [1.165, 1.54) is 4.31 Å². The number of halogens is 1. The van der Waals surface area contributed by atoms with Crippen LogP contribution in [-0.2, 0) is 27.8 Å². The van der Waals surface area contributed by atoms with Crippen molar-refractivity contribution in [2.45, 2.75) is 13.0 Å². The molecule has 0 saturated heterocycles. The number of carbonyl (C=O) groups is 1. The minimum absolute atomic E-state index is 0.136. The minimum Gasteiger partial charge on any atom is -0.497 e. The number of ether oxygens (including phenoxy) is 2. The average molecular weight is 503 g/mol. The highest BCUT2D eigenvalue weighted by atomic mass is 35.5. The average Bonchev–Trinajstić information content (AvgIpc) is 2.82. The largest absolute Gasteiger partial charge is 0.497 e. The van der Waals surface area contributed by atoms with Gasteiger partial charge in [-0.05, 0) is 66.1 Å². The van der Waals surface area contributed by atoms with E-state index in [-0.39, 0.29) is 19.1 Å². The van der Waals surface area contributed by atoms with E-state index in [1.807, 2.05) is 24.3 Å². The number of nitrogens with one attached hydrogen (secondary N) is 1. The molecule has 1 amide bonds. The SMILES string of the molecule is COc1ccc(CCNC(=O)COc2ccc(N(Cc3ccc(Cl)cc3)S(C)(=O)=O)cc2)cc1. The van der Waals surface area contributed by atoms with Gasteiger partial charge in [-0.3, -0.25) is 9.10 Å². The van der Waals surface area contributed by atoms with Crippen molar-refractivity contribution in [1.82, 2.24) is 5.32 Å². The third-order valence-electron chi connectivity index (χ3n) is 5.03. The molecule has 7 nitrogen and oxygen atoms in total. The molecule has 3 aromatic carbocycles. The van der Waals surface area contributed by atoms with Gasteiger partial charge in [0.25, 0.3) is 5.91 Å². The van der Waals surface area contributed by atoms with E-state index in [0.29, 0.717) is 29.4 Å². The Morgan fingerprint density at radius 3 is 2.09 bits per heavy atom. The number of hydrogen-bond acceptors (Lipinski definition) is 5. The van der Waals surface area contributed by atoms with E-state index in [9.17, 15) is 13.2 Å². The van der Waals surface area contributed by atoms with Gasteiger partial charge in [0.2, 0.25) is 10.0 Å². The Kier molecular flexibility index (Phi) is 8.79. The first kappa shape index (κ1) is 25.4. The fourth-order valence-corrected chi connectivity index (χ4v) is 4.22. The lowest BCUT2D eigenvalue weighted by atomic mass is 10.1. The molecule has 0 unspecified atom stereocenters. The van der Waals surface area contributed by atoms with Crippen LogP contribution in [0.3, 0.4) is 0 Å². The highest BCUT2D eigenvalue weighted by Gasteiger charge is 2.18. The first-order chi connectivity index (χ1) is 16.2. The molecule has 0 aliphatic heterocycles. The van der Waals surface area contributed by atoms with Gasteiger partial charge in [-0.25, -0.2) is 8.42 Å². The maximum absolute atomic E-state index is 12.3. The van der Waals surface area contributed by atoms with Crippen molar-refractivity contribution in [2.75, 3.05) is 30.8 Å². The van der Waals surface area contributed by atoms with Gasteiger partial charge < -0.3 is 14.8 Å². The van der Waals surface area contributed by atoms with Crippen LogP contribution in [0.25, 0.3) is 0 Å². The summed E-state index contributed by atoms with van der Waals surface area (Å²) < 4.78 is 36.7. The Bertz CT molecular complexity index is 1180. The van der Waals surface area contributed by atoms with E-state index in [1.54, 1.807) is 55.6 Å². The van der Waals surface area contributed by atoms with Gasteiger partial charge in [0, 0.05) is 11.6 Å². The molecule has 9 heteroatoms. The highest BCUT2D eigenvalue weighted by Crippen LogP contribution is 2.24. The van der Waals surface area contributed by atoms with E-state index >= 15 is 0 Å². The Balaban J connectivity index is 1.51. The Morgan fingerprint density at radius 2 is 1.50 bits per heavy atom. The first-order valence-corrected chi connectivity index (χ1v) is 12.8. The molecule has 3 rings (SSSR count). The normalized spacial score (nSPS) is 11.0. The number of amides is 1. The van der Waals surface area contributed by atoms with E-state index in [4.69, 9.17) is 21.1 Å². The zero-order valence-corrected chi connectivity index (χ0v) is 20.6. The summed E-state index contributed by atoms with van der Waals surface area (Å²) in [6.45, 7) is 0.525. The smallest absolute Gasteiger partial charge is 0.257 e. The highest BCUT2D eigenvalue weighted by molar-refractivity contribution is 7.92. The molecule has 0 radical (unpaired) electrons. The van der Waals surface area contributed by atoms with Crippen molar-refractivity contribution in [2.24, 2.45) is 0 Å². The standard InChI is InChI=1S/C25H27ClN2O5S/c1-32-23-11-5-19(6-12-23)15-16-27-25(29)18-33-24-13-9-22(10-14-24)28(34(2,30)31)17-20-3-7-21(26)8-4-20/h3-14H,15-18H2,1-2H3,(H,27,29). The number of hydrogen-bond donors (Lipinski definition) is 1.